The van der Waals surface area contributed by atoms with Gasteiger partial charge in [-0.1, -0.05) is 60.7 Å². The van der Waals surface area contributed by atoms with Crippen molar-refractivity contribution in [2.75, 3.05) is 29.7 Å². The Balaban J connectivity index is 1.07. The summed E-state index contributed by atoms with van der Waals surface area (Å²) in [6.07, 6.45) is -0.781. The van der Waals surface area contributed by atoms with Crippen molar-refractivity contribution in [2.24, 2.45) is 0 Å². The fourth-order valence-corrected chi connectivity index (χ4v) is 6.12. The van der Waals surface area contributed by atoms with Gasteiger partial charge in [-0.3, -0.25) is 19.2 Å². The summed E-state index contributed by atoms with van der Waals surface area (Å²) in [6, 6.07) is 29.0. The third-order valence-corrected chi connectivity index (χ3v) is 8.47. The van der Waals surface area contributed by atoms with E-state index in [0.29, 0.717) is 0 Å². The van der Waals surface area contributed by atoms with Crippen molar-refractivity contribution in [2.45, 2.75) is 53.0 Å². The summed E-state index contributed by atoms with van der Waals surface area (Å²) in [5.41, 5.74) is 11.0. The van der Waals surface area contributed by atoms with Gasteiger partial charge in [0, 0.05) is 24.5 Å². The average Bonchev–Trinajstić information content (AvgIpc) is 3.10. The number of hydrogen-bond acceptors (Lipinski definition) is 10. The van der Waals surface area contributed by atoms with Crippen molar-refractivity contribution in [3.05, 3.63) is 107 Å². The van der Waals surface area contributed by atoms with Crippen molar-refractivity contribution in [3.63, 3.8) is 0 Å². The highest BCUT2D eigenvalue weighted by Gasteiger charge is 2.29. The van der Waals surface area contributed by atoms with Gasteiger partial charge in [0.05, 0.1) is 19.9 Å². The number of ether oxygens (including phenoxy) is 4. The summed E-state index contributed by atoms with van der Waals surface area (Å²) < 4.78 is 20.0. The molecule has 0 fully saturated rings. The van der Waals surface area contributed by atoms with Crippen LogP contribution in [0.15, 0.2) is 84.9 Å². The Kier molecular flexibility index (Phi) is 10.2. The largest absolute Gasteiger partial charge is 0.466 e. The SMILES string of the molecule is CCOC(=O)CC(=O)OCc1ccc(-c2ccc3c(c2)CN2CN3Cc3cc(-c4ccc(COC(=O)CC(=O)OCC)cc4)ccc32)cc1. The Labute approximate surface area is 285 Å². The lowest BCUT2D eigenvalue weighted by Gasteiger charge is -2.45. The molecule has 0 aromatic heterocycles. The molecule has 49 heavy (non-hydrogen) atoms. The molecule has 10 heteroatoms. The van der Waals surface area contributed by atoms with Gasteiger partial charge in [-0.2, -0.15) is 0 Å². The van der Waals surface area contributed by atoms with Crippen LogP contribution in [0.25, 0.3) is 22.3 Å². The van der Waals surface area contributed by atoms with E-state index in [9.17, 15) is 19.2 Å². The molecule has 4 aromatic rings. The summed E-state index contributed by atoms with van der Waals surface area (Å²) in [7, 11) is 0. The van der Waals surface area contributed by atoms with E-state index in [1.807, 2.05) is 48.5 Å². The number of benzene rings is 4. The van der Waals surface area contributed by atoms with Crippen molar-refractivity contribution < 1.29 is 38.1 Å². The summed E-state index contributed by atoms with van der Waals surface area (Å²) in [4.78, 5) is 51.6. The molecule has 0 amide bonds. The number of rotatable bonds is 12. The van der Waals surface area contributed by atoms with Crippen LogP contribution in [0.5, 0.6) is 0 Å². The van der Waals surface area contributed by atoms with Crippen LogP contribution in [-0.2, 0) is 64.4 Å². The second kappa shape index (κ2) is 15.1. The molecular formula is C39H38N2O8. The number of carbonyl (C=O) groups excluding carboxylic acids is 4. The molecule has 4 aromatic carbocycles. The topological polar surface area (TPSA) is 112 Å². The van der Waals surface area contributed by atoms with E-state index in [-0.39, 0.29) is 26.4 Å². The summed E-state index contributed by atoms with van der Waals surface area (Å²) in [6.45, 7) is 6.44. The summed E-state index contributed by atoms with van der Waals surface area (Å²) in [5.74, 6) is -2.38. The van der Waals surface area contributed by atoms with E-state index in [1.54, 1.807) is 13.8 Å². The van der Waals surface area contributed by atoms with Gasteiger partial charge in [-0.15, -0.1) is 0 Å². The molecule has 2 heterocycles. The van der Waals surface area contributed by atoms with Gasteiger partial charge >= 0.3 is 23.9 Å². The Hall–Kier alpha value is -5.64. The van der Waals surface area contributed by atoms with Crippen LogP contribution < -0.4 is 9.80 Å². The van der Waals surface area contributed by atoms with Gasteiger partial charge in [0.25, 0.3) is 0 Å². The van der Waals surface area contributed by atoms with Crippen LogP contribution in [-0.4, -0.2) is 43.8 Å². The second-order valence-corrected chi connectivity index (χ2v) is 11.9. The summed E-state index contributed by atoms with van der Waals surface area (Å²) in [5, 5.41) is 0. The number of esters is 4. The number of carbonyl (C=O) groups is 4. The van der Waals surface area contributed by atoms with Crippen molar-refractivity contribution in [3.8, 4) is 22.3 Å². The first-order valence-corrected chi connectivity index (χ1v) is 16.4. The number of hydrogen-bond donors (Lipinski definition) is 0. The fraction of sp³-hybridized carbons (Fsp3) is 0.282. The molecule has 252 valence electrons. The maximum Gasteiger partial charge on any atom is 0.317 e. The molecule has 10 nitrogen and oxygen atoms in total. The number of fused-ring (bicyclic) bond motifs is 6. The molecule has 2 aliphatic heterocycles. The average molecular weight is 663 g/mol. The predicted molar refractivity (Wildman–Crippen MR) is 183 cm³/mol. The van der Waals surface area contributed by atoms with E-state index >= 15 is 0 Å². The predicted octanol–water partition coefficient (Wildman–Crippen LogP) is 6.31. The van der Waals surface area contributed by atoms with E-state index < -0.39 is 36.7 Å². The number of anilines is 2. The van der Waals surface area contributed by atoms with E-state index in [2.05, 4.69) is 46.2 Å². The van der Waals surface area contributed by atoms with Crippen LogP contribution in [0.4, 0.5) is 11.4 Å². The minimum Gasteiger partial charge on any atom is -0.466 e. The molecule has 6 rings (SSSR count). The highest BCUT2D eigenvalue weighted by atomic mass is 16.6. The molecule has 0 radical (unpaired) electrons. The van der Waals surface area contributed by atoms with Gasteiger partial charge in [0.1, 0.15) is 26.1 Å². The highest BCUT2D eigenvalue weighted by Crippen LogP contribution is 2.40. The number of nitrogens with zero attached hydrogens (tertiary/aromatic N) is 2. The molecule has 0 saturated heterocycles. The molecule has 2 bridgehead atoms. The smallest absolute Gasteiger partial charge is 0.317 e. The van der Waals surface area contributed by atoms with Crippen molar-refractivity contribution >= 4 is 35.3 Å². The van der Waals surface area contributed by atoms with Gasteiger partial charge in [0.2, 0.25) is 0 Å². The minimum absolute atomic E-state index is 0.0932. The van der Waals surface area contributed by atoms with E-state index in [4.69, 9.17) is 18.9 Å². The van der Waals surface area contributed by atoms with Crippen molar-refractivity contribution in [1.29, 1.82) is 0 Å². The lowest BCUT2D eigenvalue weighted by molar-refractivity contribution is -0.156. The Morgan fingerprint density at radius 2 is 0.878 bits per heavy atom. The monoisotopic (exact) mass is 662 g/mol. The molecule has 0 unspecified atom stereocenters. The zero-order chi connectivity index (χ0) is 34.3. The fourth-order valence-electron chi connectivity index (χ4n) is 6.12. The first kappa shape index (κ1) is 33.3. The normalized spacial score (nSPS) is 12.8. The molecule has 2 aliphatic rings. The van der Waals surface area contributed by atoms with Crippen LogP contribution in [0.1, 0.15) is 48.9 Å². The first-order chi connectivity index (χ1) is 23.8. The van der Waals surface area contributed by atoms with Gasteiger partial charge in [-0.25, -0.2) is 0 Å². The van der Waals surface area contributed by atoms with Crippen LogP contribution >= 0.6 is 0 Å². The Morgan fingerprint density at radius 1 is 0.510 bits per heavy atom. The highest BCUT2D eigenvalue weighted by molar-refractivity contribution is 5.91. The molecule has 0 spiro atoms. The second-order valence-electron chi connectivity index (χ2n) is 11.9. The molecule has 0 atom stereocenters. The third kappa shape index (κ3) is 8.09. The van der Waals surface area contributed by atoms with Crippen LogP contribution in [0.3, 0.4) is 0 Å². The zero-order valence-electron chi connectivity index (χ0n) is 27.6. The zero-order valence-corrected chi connectivity index (χ0v) is 27.6. The van der Waals surface area contributed by atoms with E-state index in [1.165, 1.54) is 22.5 Å². The minimum atomic E-state index is -0.605. The molecule has 0 saturated carbocycles. The van der Waals surface area contributed by atoms with Gasteiger partial charge in [-0.05, 0) is 82.6 Å². The van der Waals surface area contributed by atoms with Crippen LogP contribution in [0, 0.1) is 0 Å². The quantitative estimate of drug-likeness (QED) is 0.0972. The van der Waals surface area contributed by atoms with Gasteiger partial charge < -0.3 is 28.7 Å². The lowest BCUT2D eigenvalue weighted by atomic mass is 9.95. The Bertz CT molecular complexity index is 1720. The maximum absolute atomic E-state index is 11.9. The molecule has 0 N–H and O–H groups in total. The van der Waals surface area contributed by atoms with E-state index in [0.717, 1.165) is 53.1 Å². The molecule has 0 aliphatic carbocycles. The Morgan fingerprint density at radius 3 is 1.27 bits per heavy atom. The van der Waals surface area contributed by atoms with Gasteiger partial charge in [0.15, 0.2) is 0 Å². The summed E-state index contributed by atoms with van der Waals surface area (Å²) >= 11 is 0. The lowest BCUT2D eigenvalue weighted by Crippen LogP contribution is -2.46. The first-order valence-electron chi connectivity index (χ1n) is 16.4. The molecular weight excluding hydrogens is 624 g/mol. The van der Waals surface area contributed by atoms with Crippen LogP contribution in [0.2, 0.25) is 0 Å². The van der Waals surface area contributed by atoms with Crippen molar-refractivity contribution in [1.82, 2.24) is 0 Å². The maximum atomic E-state index is 11.9. The standard InChI is InChI=1S/C39H38N2O8/c1-3-46-36(42)19-38(44)48-23-26-5-9-28(10-6-26)30-13-15-34-32(17-30)21-40-25-41(34)22-33-18-31(14-16-35(33)40)29-11-7-27(8-12-29)24-49-39(45)20-37(43)47-4-2/h5-18H,3-4,19-25H2,1-2H3. The third-order valence-electron chi connectivity index (χ3n) is 8.47.